The number of aliphatic hydroxyl groups excluding tert-OH is 2. The summed E-state index contributed by atoms with van der Waals surface area (Å²) in [5.41, 5.74) is -0.919. The fraction of sp³-hybridized carbons (Fsp3) is 0.558. The number of ether oxygens (including phenoxy) is 6. The van der Waals surface area contributed by atoms with Gasteiger partial charge in [0.15, 0.2) is 18.3 Å². The van der Waals surface area contributed by atoms with E-state index >= 15 is 0 Å². The lowest BCUT2D eigenvalue weighted by molar-refractivity contribution is -0.246. The summed E-state index contributed by atoms with van der Waals surface area (Å²) in [6, 6.07) is 4.99. The fourth-order valence-corrected chi connectivity index (χ4v) is 10.7. The van der Waals surface area contributed by atoms with Crippen molar-refractivity contribution in [1.29, 1.82) is 0 Å². The average Bonchev–Trinajstić information content (AvgIpc) is 4.09. The molecule has 0 spiro atoms. The molecule has 26 heteroatoms. The van der Waals surface area contributed by atoms with Crippen molar-refractivity contribution >= 4 is 53.9 Å². The van der Waals surface area contributed by atoms with Crippen LogP contribution in [0.2, 0.25) is 0 Å². The molecule has 0 aromatic heterocycles. The maximum absolute atomic E-state index is 13.0. The largest absolute Gasteiger partial charge is 0.507 e. The number of phenolic OH excluding ortho intramolecular Hbond substituents is 2. The first-order valence-corrected chi connectivity index (χ1v) is 25.4. The third-order valence-electron chi connectivity index (χ3n) is 14.1. The zero-order valence-corrected chi connectivity index (χ0v) is 44.3. The number of methoxy groups -OCH3 is 2. The second-order valence-corrected chi connectivity index (χ2v) is 19.8. The van der Waals surface area contributed by atoms with Crippen molar-refractivity contribution in [2.45, 2.75) is 120 Å². The first-order valence-electron chi connectivity index (χ1n) is 25.4. The highest BCUT2D eigenvalue weighted by molar-refractivity contribution is 6.31. The number of amides is 7. The number of aliphatic hydroxyl groups is 2. The summed E-state index contributed by atoms with van der Waals surface area (Å²) in [5, 5.41) is 53.8. The molecule has 2 aromatic carbocycles. The second-order valence-electron chi connectivity index (χ2n) is 19.8. The van der Waals surface area contributed by atoms with E-state index in [-0.39, 0.29) is 127 Å². The van der Waals surface area contributed by atoms with Crippen LogP contribution in [-0.4, -0.2) is 199 Å². The summed E-state index contributed by atoms with van der Waals surface area (Å²) >= 11 is 0. The molecule has 4 aliphatic heterocycles. The highest BCUT2D eigenvalue weighted by atomic mass is 16.7. The van der Waals surface area contributed by atoms with Crippen LogP contribution in [0.3, 0.4) is 0 Å². The molecular formula is C52H69N7O19. The Morgan fingerprint density at radius 3 is 2.17 bits per heavy atom. The molecule has 3 aliphatic carbocycles. The van der Waals surface area contributed by atoms with Gasteiger partial charge in [-0.1, -0.05) is 12.1 Å². The summed E-state index contributed by atoms with van der Waals surface area (Å²) in [5.74, 6) is -4.36. The number of carbonyl (C=O) groups excluding carboxylic acids is 9. The number of hydrogen-bond acceptors (Lipinski definition) is 20. The average molecular weight is 1100 g/mol. The van der Waals surface area contributed by atoms with Gasteiger partial charge in [0.25, 0.3) is 11.8 Å². The molecule has 4 heterocycles. The molecule has 2 aromatic rings. The molecule has 26 nitrogen and oxygen atoms in total. The SMILES string of the molecule is CC1(NC=O)CC(C)(OCNC=O)C1.CCNC(=O)CNC(=O)CNC(=O)CCN1C(=O)C=CC1=O.COC1OCCN2C3CCOC(C)C3O[C@H]12.COc1cccc2c1C(=O)c1c(O)c3c(c(O)c1C2=O)CC(O)CC3O. The Morgan fingerprint density at radius 1 is 0.859 bits per heavy atom. The molecule has 6 unspecified atom stereocenters. The van der Waals surface area contributed by atoms with Gasteiger partial charge in [0.05, 0.1) is 67.4 Å². The van der Waals surface area contributed by atoms with Crippen LogP contribution in [0.1, 0.15) is 109 Å². The number of likely N-dealkylation sites (N-methyl/N-ethyl adjacent to an activating group) is 1. The van der Waals surface area contributed by atoms with Crippen LogP contribution in [0.15, 0.2) is 30.4 Å². The van der Waals surface area contributed by atoms with E-state index in [9.17, 15) is 63.6 Å². The van der Waals surface area contributed by atoms with E-state index < -0.39 is 58.9 Å². The normalized spacial score (nSPS) is 27.1. The van der Waals surface area contributed by atoms with Crippen LogP contribution in [0.4, 0.5) is 0 Å². The van der Waals surface area contributed by atoms with Crippen LogP contribution in [0, 0.1) is 0 Å². The first kappa shape index (κ1) is 60.3. The predicted octanol–water partition coefficient (Wildman–Crippen LogP) is -1.15. The molecule has 0 bridgehead atoms. The Balaban J connectivity index is 0.000000173. The number of imide groups is 1. The lowest BCUT2D eigenvalue weighted by Crippen LogP contribution is -2.62. The van der Waals surface area contributed by atoms with Crippen molar-refractivity contribution in [3.8, 4) is 17.2 Å². The summed E-state index contributed by atoms with van der Waals surface area (Å²) in [4.78, 5) is 106. The fourth-order valence-electron chi connectivity index (χ4n) is 10.7. The number of phenols is 2. The van der Waals surface area contributed by atoms with Gasteiger partial charge < -0.3 is 75.4 Å². The molecular weight excluding hydrogens is 1030 g/mol. The molecule has 78 heavy (non-hydrogen) atoms. The summed E-state index contributed by atoms with van der Waals surface area (Å²) in [6.07, 6.45) is 3.81. The van der Waals surface area contributed by atoms with Crippen LogP contribution < -0.4 is 31.3 Å². The Bertz CT molecular complexity index is 2610. The molecule has 9 N–H and O–H groups in total. The number of rotatable bonds is 16. The van der Waals surface area contributed by atoms with Gasteiger partial charge in [-0.15, -0.1) is 0 Å². The Labute approximate surface area is 449 Å². The van der Waals surface area contributed by atoms with E-state index in [1.807, 2.05) is 13.8 Å². The highest BCUT2D eigenvalue weighted by Gasteiger charge is 2.52. The monoisotopic (exact) mass is 1100 g/mol. The molecule has 3 saturated heterocycles. The molecule has 4 fully saturated rings. The quantitative estimate of drug-likeness (QED) is 0.0269. The van der Waals surface area contributed by atoms with Gasteiger partial charge in [-0.05, 0) is 53.0 Å². The predicted molar refractivity (Wildman–Crippen MR) is 270 cm³/mol. The molecule has 7 atom stereocenters. The van der Waals surface area contributed by atoms with E-state index in [0.29, 0.717) is 25.4 Å². The summed E-state index contributed by atoms with van der Waals surface area (Å²) in [6.45, 7) is 10.4. The number of benzene rings is 2. The van der Waals surface area contributed by atoms with Crippen molar-refractivity contribution in [2.75, 3.05) is 66.9 Å². The summed E-state index contributed by atoms with van der Waals surface area (Å²) < 4.78 is 33.2. The lowest BCUT2D eigenvalue weighted by Gasteiger charge is -2.52. The molecule has 0 radical (unpaired) electrons. The minimum atomic E-state index is -1.26. The van der Waals surface area contributed by atoms with Crippen molar-refractivity contribution in [2.24, 2.45) is 0 Å². The maximum atomic E-state index is 13.0. The number of carbonyl (C=O) groups is 9. The van der Waals surface area contributed by atoms with Crippen LogP contribution in [-0.2, 0) is 63.7 Å². The van der Waals surface area contributed by atoms with Crippen LogP contribution in [0.25, 0.3) is 0 Å². The van der Waals surface area contributed by atoms with Crippen molar-refractivity contribution in [1.82, 2.24) is 36.4 Å². The molecule has 7 aliphatic rings. The number of morpholine rings is 1. The van der Waals surface area contributed by atoms with Crippen molar-refractivity contribution in [3.05, 3.63) is 63.7 Å². The standard InChI is InChI=1S/C19H16O7.C13H18N4O5.C11H19NO4.C9H16N2O3/c1-26-11-4-2-3-8-13(11)19(25)15-14(16(8)22)17(23)9-5-7(20)6-10(21)12(9)18(15)24;1-2-14-10(19)7-16-11(20)8-15-9(18)5-6-17-12(21)3-4-13(17)22;1-7-9-8(3-5-14-7)12-4-6-15-11(13-2)10(12)16-9;1-8(11-6-13)3-9(2,4-8)14-7-10-5-12/h2-4,7,10,20-21,23-24H,5-6H2,1H3;3-4H,2,5-8H2,1H3,(H,14,19)(H,15,18)(H,16,20);7-11H,3-6H2,1-2H3;5-6H,3-4,7H2,1-2H3,(H,10,12)(H,11,13)/t;;7?,8?,9?,10-,11?;/m..1./s1. The zero-order chi connectivity index (χ0) is 57.1. The zero-order valence-electron chi connectivity index (χ0n) is 44.3. The van der Waals surface area contributed by atoms with Crippen molar-refractivity contribution < 1.29 is 92.0 Å². The number of hydrogen-bond donors (Lipinski definition) is 9. The Kier molecular flexibility index (Phi) is 20.6. The number of nitrogens with zero attached hydrogens (tertiary/aromatic N) is 2. The van der Waals surface area contributed by atoms with Crippen LogP contribution in [0.5, 0.6) is 17.2 Å². The van der Waals surface area contributed by atoms with Gasteiger partial charge in [0.2, 0.25) is 36.3 Å². The number of fused-ring (bicyclic) bond motifs is 6. The van der Waals surface area contributed by atoms with Gasteiger partial charge >= 0.3 is 0 Å². The minimum Gasteiger partial charge on any atom is -0.507 e. The molecule has 1 saturated carbocycles. The number of nitrogens with one attached hydrogen (secondary N) is 5. The van der Waals surface area contributed by atoms with E-state index in [1.54, 1.807) is 20.1 Å². The van der Waals surface area contributed by atoms with Gasteiger partial charge in [-0.25, -0.2) is 0 Å². The lowest BCUT2D eigenvalue weighted by atomic mass is 9.67. The topological polar surface area (TPSA) is 357 Å². The second kappa shape index (κ2) is 26.6. The van der Waals surface area contributed by atoms with Gasteiger partial charge in [-0.3, -0.25) is 53.0 Å². The van der Waals surface area contributed by atoms with Gasteiger partial charge in [0.1, 0.15) is 30.1 Å². The van der Waals surface area contributed by atoms with Gasteiger partial charge in [0, 0.05) is 93.0 Å². The van der Waals surface area contributed by atoms with Crippen molar-refractivity contribution in [3.63, 3.8) is 0 Å². The third kappa shape index (κ3) is 13.8. The number of ketones is 2. The maximum Gasteiger partial charge on any atom is 0.253 e. The van der Waals surface area contributed by atoms with E-state index in [2.05, 4.69) is 38.4 Å². The highest BCUT2D eigenvalue weighted by Crippen LogP contribution is 2.49. The summed E-state index contributed by atoms with van der Waals surface area (Å²) in [7, 11) is 3.03. The molecule has 7 amide bonds. The first-order chi connectivity index (χ1) is 37.1. The third-order valence-corrected chi connectivity index (χ3v) is 14.1. The Hall–Kier alpha value is -6.91. The van der Waals surface area contributed by atoms with E-state index in [1.165, 1.54) is 19.2 Å². The number of aromatic hydroxyl groups is 2. The minimum absolute atomic E-state index is 0.00693. The Morgan fingerprint density at radius 2 is 1.53 bits per heavy atom. The van der Waals surface area contributed by atoms with E-state index in [4.69, 9.17) is 28.4 Å². The smallest absolute Gasteiger partial charge is 0.253 e. The van der Waals surface area contributed by atoms with Gasteiger partial charge in [-0.2, -0.15) is 0 Å². The van der Waals surface area contributed by atoms with Crippen LogP contribution >= 0.6 is 0 Å². The molecule has 9 rings (SSSR count). The molecule has 426 valence electrons. The van der Waals surface area contributed by atoms with E-state index in [0.717, 1.165) is 56.1 Å².